The highest BCUT2D eigenvalue weighted by atomic mass is 35.5. The number of benzene rings is 4. The lowest BCUT2D eigenvalue weighted by Crippen LogP contribution is -2.36. The number of fused-ring (bicyclic) bond motifs is 1. The van der Waals surface area contributed by atoms with Gasteiger partial charge in [-0.3, -0.25) is 4.79 Å². The molecule has 1 saturated heterocycles. The van der Waals surface area contributed by atoms with E-state index in [1.807, 2.05) is 23.9 Å². The smallest absolute Gasteiger partial charge is 0.249 e. The maximum atomic E-state index is 15.1. The van der Waals surface area contributed by atoms with Crippen molar-refractivity contribution in [2.24, 2.45) is 5.73 Å². The van der Waals surface area contributed by atoms with Gasteiger partial charge in [0.2, 0.25) is 5.91 Å². The number of hydrogen-bond donors (Lipinski definition) is 1. The number of thioether (sulfide) groups is 1. The summed E-state index contributed by atoms with van der Waals surface area (Å²) in [6.07, 6.45) is 3.58. The molecule has 1 atom stereocenters. The van der Waals surface area contributed by atoms with Gasteiger partial charge < -0.3 is 10.6 Å². The van der Waals surface area contributed by atoms with Crippen LogP contribution < -0.4 is 5.73 Å². The summed E-state index contributed by atoms with van der Waals surface area (Å²) in [7, 11) is 0. The summed E-state index contributed by atoms with van der Waals surface area (Å²) in [6, 6.07) is 24.7. The summed E-state index contributed by atoms with van der Waals surface area (Å²) < 4.78 is 15.1. The van der Waals surface area contributed by atoms with Gasteiger partial charge >= 0.3 is 0 Å². The van der Waals surface area contributed by atoms with E-state index < -0.39 is 5.91 Å². The van der Waals surface area contributed by atoms with Crippen molar-refractivity contribution in [1.82, 2.24) is 4.90 Å². The van der Waals surface area contributed by atoms with Crippen LogP contribution in [0.25, 0.3) is 10.8 Å². The van der Waals surface area contributed by atoms with Crippen LogP contribution in [0, 0.1) is 5.82 Å². The third-order valence-corrected chi connectivity index (χ3v) is 9.67. The lowest BCUT2D eigenvalue weighted by Gasteiger charge is -2.33. The minimum Gasteiger partial charge on any atom is -0.366 e. The molecule has 4 aromatic rings. The Labute approximate surface area is 243 Å². The number of hydrogen-bond acceptors (Lipinski definition) is 3. The first-order valence-corrected chi connectivity index (χ1v) is 14.9. The van der Waals surface area contributed by atoms with E-state index in [4.69, 9.17) is 28.9 Å². The van der Waals surface area contributed by atoms with Crippen LogP contribution in [0.4, 0.5) is 4.39 Å². The molecule has 7 heteroatoms. The average molecular weight is 582 g/mol. The highest BCUT2D eigenvalue weighted by Gasteiger charge is 2.24. The van der Waals surface area contributed by atoms with E-state index in [1.165, 1.54) is 11.0 Å². The number of primary amides is 1. The molecular formula is C32H31Cl2FN2OS. The minimum absolute atomic E-state index is 0.00912. The number of rotatable bonds is 9. The topological polar surface area (TPSA) is 46.3 Å². The van der Waals surface area contributed by atoms with E-state index in [2.05, 4.69) is 35.2 Å². The fourth-order valence-corrected chi connectivity index (χ4v) is 6.99. The summed E-state index contributed by atoms with van der Waals surface area (Å²) in [5, 5.41) is 2.54. The number of piperidine rings is 1. The van der Waals surface area contributed by atoms with Crippen LogP contribution in [-0.2, 0) is 6.42 Å². The second kappa shape index (κ2) is 12.7. The highest BCUT2D eigenvalue weighted by Crippen LogP contribution is 2.35. The van der Waals surface area contributed by atoms with Gasteiger partial charge in [0.1, 0.15) is 5.82 Å². The van der Waals surface area contributed by atoms with Crippen molar-refractivity contribution in [3.05, 3.63) is 111 Å². The van der Waals surface area contributed by atoms with Crippen molar-refractivity contribution in [2.45, 2.75) is 41.7 Å². The predicted octanol–water partition coefficient (Wildman–Crippen LogP) is 8.36. The molecule has 4 aromatic carbocycles. The molecule has 2 N–H and O–H groups in total. The standard InChI is InChI=1S/C32H31Cl2FN2OS/c33-28-11-10-21(19-29(28)34)22(12-15-37-16-13-25(14-17-37)39-24-6-2-1-3-7-24)18-23-20-30(35)26-8-4-5-9-27(26)31(23)32(36)38/h1-11,19-20,22,25H,12-18H2,(H2,36,38). The SMILES string of the molecule is NC(=O)c1c(CC(CCN2CCC(Sc3ccccc3)CC2)c2ccc(Cl)c(Cl)c2)cc(F)c2ccccc12. The maximum Gasteiger partial charge on any atom is 0.249 e. The number of carbonyl (C=O) groups excluding carboxylic acids is 1. The van der Waals surface area contributed by atoms with Gasteiger partial charge in [0.25, 0.3) is 0 Å². The lowest BCUT2D eigenvalue weighted by molar-refractivity contribution is 0.100. The Morgan fingerprint density at radius 1 is 0.949 bits per heavy atom. The number of likely N-dealkylation sites (tertiary alicyclic amines) is 1. The number of carbonyl (C=O) groups is 1. The van der Waals surface area contributed by atoms with E-state index in [0.29, 0.717) is 43.6 Å². The van der Waals surface area contributed by atoms with E-state index in [1.54, 1.807) is 30.3 Å². The zero-order chi connectivity index (χ0) is 27.4. The fourth-order valence-electron chi connectivity index (χ4n) is 5.54. The van der Waals surface area contributed by atoms with E-state index >= 15 is 4.39 Å². The molecule has 1 fully saturated rings. The van der Waals surface area contributed by atoms with Crippen molar-refractivity contribution < 1.29 is 9.18 Å². The summed E-state index contributed by atoms with van der Waals surface area (Å²) in [4.78, 5) is 16.4. The van der Waals surface area contributed by atoms with Gasteiger partial charge in [0.05, 0.1) is 15.6 Å². The van der Waals surface area contributed by atoms with Crippen molar-refractivity contribution in [1.29, 1.82) is 0 Å². The van der Waals surface area contributed by atoms with E-state index in [-0.39, 0.29) is 11.7 Å². The van der Waals surface area contributed by atoms with Gasteiger partial charge in [-0.1, -0.05) is 71.7 Å². The van der Waals surface area contributed by atoms with Crippen LogP contribution in [0.5, 0.6) is 0 Å². The number of halogens is 3. The van der Waals surface area contributed by atoms with E-state index in [0.717, 1.165) is 44.5 Å². The quantitative estimate of drug-likeness (QED) is 0.216. The van der Waals surface area contributed by atoms with Crippen LogP contribution in [0.15, 0.2) is 83.8 Å². The van der Waals surface area contributed by atoms with E-state index in [9.17, 15) is 4.79 Å². The van der Waals surface area contributed by atoms with Crippen molar-refractivity contribution >= 4 is 51.6 Å². The summed E-state index contributed by atoms with van der Waals surface area (Å²) in [5.41, 5.74) is 7.86. The molecule has 0 bridgehead atoms. The zero-order valence-corrected chi connectivity index (χ0v) is 23.9. The fraction of sp³-hybridized carbons (Fsp3) is 0.281. The first-order chi connectivity index (χ1) is 18.9. The largest absolute Gasteiger partial charge is 0.366 e. The normalized spacial score (nSPS) is 15.5. The predicted molar refractivity (Wildman–Crippen MR) is 162 cm³/mol. The Balaban J connectivity index is 1.34. The van der Waals surface area contributed by atoms with Gasteiger partial charge in [-0.2, -0.15) is 0 Å². The Bertz CT molecular complexity index is 1460. The van der Waals surface area contributed by atoms with Crippen LogP contribution >= 0.6 is 35.0 Å². The Morgan fingerprint density at radius 2 is 1.64 bits per heavy atom. The minimum atomic E-state index is -0.549. The van der Waals surface area contributed by atoms with Crippen molar-refractivity contribution in [3.63, 3.8) is 0 Å². The van der Waals surface area contributed by atoms with Crippen LogP contribution in [0.3, 0.4) is 0 Å². The molecule has 1 heterocycles. The molecule has 1 aliphatic rings. The van der Waals surface area contributed by atoms with Gasteiger partial charge in [0.15, 0.2) is 0 Å². The third-order valence-electron chi connectivity index (χ3n) is 7.58. The molecule has 1 unspecified atom stereocenters. The molecule has 39 heavy (non-hydrogen) atoms. The molecule has 0 saturated carbocycles. The molecule has 0 spiro atoms. The number of nitrogens with zero attached hydrogens (tertiary/aromatic N) is 1. The Hall–Kier alpha value is -2.57. The first-order valence-electron chi connectivity index (χ1n) is 13.3. The van der Waals surface area contributed by atoms with Crippen molar-refractivity contribution in [3.8, 4) is 0 Å². The van der Waals surface area contributed by atoms with Gasteiger partial charge in [-0.15, -0.1) is 11.8 Å². The molecule has 0 radical (unpaired) electrons. The lowest BCUT2D eigenvalue weighted by atomic mass is 9.85. The molecule has 1 aliphatic heterocycles. The first kappa shape index (κ1) is 28.0. The molecule has 3 nitrogen and oxygen atoms in total. The second-order valence-corrected chi connectivity index (χ2v) is 12.3. The molecule has 202 valence electrons. The molecule has 1 amide bonds. The monoisotopic (exact) mass is 580 g/mol. The number of amides is 1. The highest BCUT2D eigenvalue weighted by molar-refractivity contribution is 8.00. The Kier molecular flexibility index (Phi) is 9.13. The molecule has 0 aliphatic carbocycles. The van der Waals surface area contributed by atoms with Crippen molar-refractivity contribution in [2.75, 3.05) is 19.6 Å². The van der Waals surface area contributed by atoms with Gasteiger partial charge in [0, 0.05) is 15.5 Å². The van der Waals surface area contributed by atoms with Crippen LogP contribution in [-0.4, -0.2) is 35.7 Å². The van der Waals surface area contributed by atoms with Crippen LogP contribution in [0.2, 0.25) is 10.0 Å². The van der Waals surface area contributed by atoms with Gasteiger partial charge in [-0.05, 0) is 98.1 Å². The van der Waals surface area contributed by atoms with Gasteiger partial charge in [-0.25, -0.2) is 4.39 Å². The summed E-state index contributed by atoms with van der Waals surface area (Å²) in [6.45, 7) is 2.97. The third kappa shape index (κ3) is 6.78. The van der Waals surface area contributed by atoms with Crippen LogP contribution in [0.1, 0.15) is 46.7 Å². The zero-order valence-electron chi connectivity index (χ0n) is 21.6. The second-order valence-electron chi connectivity index (χ2n) is 10.1. The molecule has 5 rings (SSSR count). The summed E-state index contributed by atoms with van der Waals surface area (Å²) >= 11 is 14.6. The Morgan fingerprint density at radius 3 is 2.33 bits per heavy atom. The summed E-state index contributed by atoms with van der Waals surface area (Å²) in [5.74, 6) is -0.890. The average Bonchev–Trinajstić information content (AvgIpc) is 2.94. The maximum absolute atomic E-state index is 15.1. The number of nitrogens with two attached hydrogens (primary N) is 1. The molecule has 0 aromatic heterocycles. The molecular weight excluding hydrogens is 550 g/mol.